The molecule has 0 aliphatic heterocycles. The van der Waals surface area contributed by atoms with Crippen molar-refractivity contribution in [1.29, 1.82) is 0 Å². The van der Waals surface area contributed by atoms with Gasteiger partial charge in [-0.1, -0.05) is 48.5 Å². The molecule has 204 valence electrons. The molecule has 0 radical (unpaired) electrons. The third kappa shape index (κ3) is 3.75. The SMILES string of the molecule is CC1C(OCCOS(C)(C)C(C)(C)C)C2(C)CCC3C(C4CC4C4(O)CC(O)CCC34C)C2[C@@H]1C. The van der Waals surface area contributed by atoms with Crippen LogP contribution in [0.2, 0.25) is 0 Å². The molecular weight excluding hydrogens is 456 g/mol. The van der Waals surface area contributed by atoms with E-state index in [1.807, 2.05) is 0 Å². The molecule has 2 N–H and O–H groups in total. The first-order chi connectivity index (χ1) is 16.1. The van der Waals surface area contributed by atoms with Gasteiger partial charge in [0.15, 0.2) is 0 Å². The Hall–Kier alpha value is 0.190. The molecule has 0 aromatic rings. The van der Waals surface area contributed by atoms with E-state index in [0.29, 0.717) is 67.2 Å². The number of ether oxygens (including phenoxy) is 1. The van der Waals surface area contributed by atoms with Gasteiger partial charge < -0.3 is 19.1 Å². The monoisotopic (exact) mass is 510 g/mol. The fourth-order valence-corrected chi connectivity index (χ4v) is 10.7. The van der Waals surface area contributed by atoms with E-state index in [-0.39, 0.29) is 21.7 Å². The Balaban J connectivity index is 1.33. The minimum atomic E-state index is -1.12. The second-order valence-corrected chi connectivity index (χ2v) is 19.1. The highest BCUT2D eigenvalue weighted by atomic mass is 32.3. The van der Waals surface area contributed by atoms with Crippen molar-refractivity contribution in [3.8, 4) is 0 Å². The molecule has 12 atom stereocenters. The van der Waals surface area contributed by atoms with Crippen LogP contribution in [-0.2, 0) is 8.92 Å². The molecule has 5 heteroatoms. The van der Waals surface area contributed by atoms with Crippen LogP contribution in [0.1, 0.15) is 87.0 Å². The second-order valence-electron chi connectivity index (χ2n) is 15.2. The lowest BCUT2D eigenvalue weighted by Gasteiger charge is -2.64. The van der Waals surface area contributed by atoms with Crippen molar-refractivity contribution in [2.24, 2.45) is 52.3 Å². The Morgan fingerprint density at radius 3 is 2.31 bits per heavy atom. The summed E-state index contributed by atoms with van der Waals surface area (Å²) in [5.41, 5.74) is -0.500. The first-order valence-corrected chi connectivity index (χ1v) is 16.9. The largest absolute Gasteiger partial charge is 0.393 e. The fraction of sp³-hybridized carbons (Fsp3) is 1.00. The molecule has 0 amide bonds. The van der Waals surface area contributed by atoms with Crippen LogP contribution in [0, 0.1) is 52.3 Å². The average molecular weight is 511 g/mol. The van der Waals surface area contributed by atoms with Crippen LogP contribution in [0.3, 0.4) is 0 Å². The summed E-state index contributed by atoms with van der Waals surface area (Å²) in [5.74, 6) is 4.17. The van der Waals surface area contributed by atoms with Crippen LogP contribution in [0.4, 0.5) is 0 Å². The summed E-state index contributed by atoms with van der Waals surface area (Å²) in [6, 6.07) is 0. The highest BCUT2D eigenvalue weighted by Gasteiger charge is 2.75. The van der Waals surface area contributed by atoms with E-state index in [1.165, 1.54) is 12.8 Å². The van der Waals surface area contributed by atoms with Gasteiger partial charge in [-0.2, -0.15) is 0 Å². The predicted molar refractivity (Wildman–Crippen MR) is 146 cm³/mol. The molecule has 5 fully saturated rings. The molecule has 4 nitrogen and oxygen atoms in total. The Labute approximate surface area is 216 Å². The Morgan fingerprint density at radius 1 is 0.971 bits per heavy atom. The third-order valence-electron chi connectivity index (χ3n) is 12.7. The van der Waals surface area contributed by atoms with Gasteiger partial charge in [-0.15, -0.1) is 10.3 Å². The van der Waals surface area contributed by atoms with Crippen LogP contribution in [0.5, 0.6) is 0 Å². The molecule has 0 aromatic heterocycles. The molecule has 0 spiro atoms. The summed E-state index contributed by atoms with van der Waals surface area (Å²) in [6.45, 7) is 18.0. The highest BCUT2D eigenvalue weighted by Crippen LogP contribution is 2.77. The summed E-state index contributed by atoms with van der Waals surface area (Å²) in [5, 5.41) is 22.5. The van der Waals surface area contributed by atoms with Crippen molar-refractivity contribution in [2.75, 3.05) is 25.7 Å². The summed E-state index contributed by atoms with van der Waals surface area (Å²) < 4.78 is 13.3. The van der Waals surface area contributed by atoms with Gasteiger partial charge in [0, 0.05) is 11.2 Å². The van der Waals surface area contributed by atoms with Gasteiger partial charge in [-0.05, 0) is 96.9 Å². The van der Waals surface area contributed by atoms with Gasteiger partial charge in [0.1, 0.15) is 0 Å². The lowest BCUT2D eigenvalue weighted by molar-refractivity contribution is -0.230. The van der Waals surface area contributed by atoms with Crippen molar-refractivity contribution in [1.82, 2.24) is 0 Å². The molecule has 0 bridgehead atoms. The zero-order valence-corrected chi connectivity index (χ0v) is 24.8. The van der Waals surface area contributed by atoms with Gasteiger partial charge in [0.05, 0.1) is 31.0 Å². The Morgan fingerprint density at radius 2 is 1.66 bits per heavy atom. The minimum absolute atomic E-state index is 0.0487. The van der Waals surface area contributed by atoms with Crippen LogP contribution >= 0.6 is 10.3 Å². The molecule has 5 aliphatic carbocycles. The molecule has 0 saturated heterocycles. The van der Waals surface area contributed by atoms with E-state index < -0.39 is 15.9 Å². The van der Waals surface area contributed by atoms with Crippen molar-refractivity contribution >= 4 is 10.3 Å². The smallest absolute Gasteiger partial charge is 0.0826 e. The number of aliphatic hydroxyl groups excluding tert-OH is 1. The maximum absolute atomic E-state index is 12.0. The lowest BCUT2D eigenvalue weighted by atomic mass is 9.43. The fourth-order valence-electron chi connectivity index (χ4n) is 9.89. The second kappa shape index (κ2) is 8.34. The van der Waals surface area contributed by atoms with E-state index in [4.69, 9.17) is 8.92 Å². The Kier molecular flexibility index (Phi) is 6.38. The lowest BCUT2D eigenvalue weighted by Crippen LogP contribution is -2.64. The topological polar surface area (TPSA) is 58.9 Å². The first-order valence-electron chi connectivity index (χ1n) is 14.5. The maximum atomic E-state index is 12.0. The van der Waals surface area contributed by atoms with Crippen molar-refractivity contribution < 1.29 is 19.1 Å². The standard InChI is InChI=1S/C30H54O4S/c1-18-19(2)26(33-14-15-34-35(8,9)27(3,4)5)28(6)12-11-22-24(25(18)28)21-16-23(21)30(32)17-20(31)10-13-29(22,30)7/h18-26,31-32H,10-17H2,1-9H3/t18-,19?,20?,21?,22?,23?,24?,25?,26?,28?,29?,30?/m1/s1. The van der Waals surface area contributed by atoms with Gasteiger partial charge in [-0.3, -0.25) is 0 Å². The molecule has 5 saturated carbocycles. The Bertz CT molecular complexity index is 824. The number of fused-ring (bicyclic) bond motifs is 8. The minimum Gasteiger partial charge on any atom is -0.393 e. The van der Waals surface area contributed by atoms with Gasteiger partial charge in [-0.25, -0.2) is 0 Å². The molecule has 5 aliphatic rings. The predicted octanol–water partition coefficient (Wildman–Crippen LogP) is 6.03. The zero-order chi connectivity index (χ0) is 25.8. The molecular formula is C30H54O4S. The van der Waals surface area contributed by atoms with E-state index in [9.17, 15) is 10.2 Å². The quantitative estimate of drug-likeness (QED) is 0.443. The molecule has 5 rings (SSSR count). The van der Waals surface area contributed by atoms with Crippen LogP contribution < -0.4 is 0 Å². The van der Waals surface area contributed by atoms with Crippen molar-refractivity contribution in [3.05, 3.63) is 0 Å². The zero-order valence-electron chi connectivity index (χ0n) is 24.0. The summed E-state index contributed by atoms with van der Waals surface area (Å²) in [6.07, 6.45) is 10.5. The van der Waals surface area contributed by atoms with Crippen LogP contribution in [0.25, 0.3) is 0 Å². The van der Waals surface area contributed by atoms with E-state index >= 15 is 0 Å². The highest BCUT2D eigenvalue weighted by molar-refractivity contribution is 8.29. The third-order valence-corrected chi connectivity index (χ3v) is 16.4. The number of hydrogen-bond acceptors (Lipinski definition) is 4. The van der Waals surface area contributed by atoms with Crippen LogP contribution in [0.15, 0.2) is 0 Å². The van der Waals surface area contributed by atoms with Gasteiger partial charge in [0.2, 0.25) is 0 Å². The van der Waals surface area contributed by atoms with E-state index in [0.717, 1.165) is 19.3 Å². The number of hydrogen-bond donors (Lipinski definition) is 2. The molecule has 11 unspecified atom stereocenters. The van der Waals surface area contributed by atoms with Crippen LogP contribution in [-0.4, -0.2) is 58.5 Å². The molecule has 0 heterocycles. The van der Waals surface area contributed by atoms with Gasteiger partial charge in [0.25, 0.3) is 0 Å². The van der Waals surface area contributed by atoms with E-state index in [1.54, 1.807) is 0 Å². The number of rotatable bonds is 5. The first kappa shape index (κ1) is 26.8. The van der Waals surface area contributed by atoms with Gasteiger partial charge >= 0.3 is 0 Å². The summed E-state index contributed by atoms with van der Waals surface area (Å²) in [7, 11) is -1.12. The summed E-state index contributed by atoms with van der Waals surface area (Å²) in [4.78, 5) is 0. The average Bonchev–Trinajstić information content (AvgIpc) is 3.52. The summed E-state index contributed by atoms with van der Waals surface area (Å²) >= 11 is 0. The van der Waals surface area contributed by atoms with Crippen molar-refractivity contribution in [3.63, 3.8) is 0 Å². The number of aliphatic hydroxyl groups is 2. The van der Waals surface area contributed by atoms with Crippen molar-refractivity contribution in [2.45, 2.75) is 110 Å². The normalized spacial score (nSPS) is 53.9. The molecule has 35 heavy (non-hydrogen) atoms. The molecule has 0 aromatic carbocycles. The maximum Gasteiger partial charge on any atom is 0.0826 e. The van der Waals surface area contributed by atoms with E-state index in [2.05, 4.69) is 61.0 Å².